The van der Waals surface area contributed by atoms with Crippen molar-refractivity contribution in [2.75, 3.05) is 6.54 Å². The van der Waals surface area contributed by atoms with Crippen molar-refractivity contribution in [1.82, 2.24) is 4.98 Å². The van der Waals surface area contributed by atoms with E-state index in [1.165, 1.54) is 16.5 Å². The molecule has 1 aromatic heterocycles. The van der Waals surface area contributed by atoms with Gasteiger partial charge in [-0.3, -0.25) is 4.98 Å². The van der Waals surface area contributed by atoms with Gasteiger partial charge in [-0.15, -0.1) is 0 Å². The van der Waals surface area contributed by atoms with Crippen molar-refractivity contribution in [2.24, 2.45) is 5.73 Å². The molecule has 1 aromatic carbocycles. The molecule has 0 atom stereocenters. The highest BCUT2D eigenvalue weighted by Crippen LogP contribution is 2.19. The van der Waals surface area contributed by atoms with Gasteiger partial charge in [0, 0.05) is 11.1 Å². The van der Waals surface area contributed by atoms with E-state index in [4.69, 9.17) is 5.73 Å². The molecule has 0 spiro atoms. The number of aromatic nitrogens is 1. The number of pyridine rings is 1. The number of fused-ring (bicyclic) bond motifs is 1. The van der Waals surface area contributed by atoms with Crippen LogP contribution in [0.4, 0.5) is 0 Å². The first-order valence-electron chi connectivity index (χ1n) is 5.27. The van der Waals surface area contributed by atoms with Gasteiger partial charge in [-0.1, -0.05) is 6.07 Å². The molecule has 2 nitrogen and oxygen atoms in total. The Kier molecular flexibility index (Phi) is 2.69. The van der Waals surface area contributed by atoms with Crippen LogP contribution in [0.25, 0.3) is 10.9 Å². The molecule has 2 aromatic rings. The van der Waals surface area contributed by atoms with E-state index in [1.54, 1.807) is 0 Å². The van der Waals surface area contributed by atoms with E-state index >= 15 is 0 Å². The van der Waals surface area contributed by atoms with Gasteiger partial charge < -0.3 is 5.73 Å². The number of hydrogen-bond acceptors (Lipinski definition) is 2. The van der Waals surface area contributed by atoms with Crippen molar-refractivity contribution in [1.29, 1.82) is 0 Å². The Bertz CT molecular complexity index is 489. The summed E-state index contributed by atoms with van der Waals surface area (Å²) in [6, 6.07) is 8.51. The standard InChI is InChI=1S/C13H16N2/c1-9-7-10(2)15-13-4-3-11(5-6-14)8-12(9)13/h3-4,7-8H,5-6,14H2,1-2H3. The van der Waals surface area contributed by atoms with E-state index < -0.39 is 0 Å². The topological polar surface area (TPSA) is 38.9 Å². The molecule has 0 aliphatic rings. The predicted octanol–water partition coefficient (Wildman–Crippen LogP) is 2.35. The molecule has 0 unspecified atom stereocenters. The van der Waals surface area contributed by atoms with Crippen molar-refractivity contribution in [2.45, 2.75) is 20.3 Å². The molecule has 2 heteroatoms. The van der Waals surface area contributed by atoms with E-state index in [0.717, 1.165) is 17.6 Å². The minimum atomic E-state index is 0.698. The van der Waals surface area contributed by atoms with Crippen molar-refractivity contribution in [3.63, 3.8) is 0 Å². The Balaban J connectivity index is 2.60. The highest BCUT2D eigenvalue weighted by Gasteiger charge is 2.01. The van der Waals surface area contributed by atoms with Crippen LogP contribution >= 0.6 is 0 Å². The summed E-state index contributed by atoms with van der Waals surface area (Å²) in [5, 5.41) is 1.24. The van der Waals surface area contributed by atoms with Gasteiger partial charge in [-0.05, 0) is 56.1 Å². The summed E-state index contributed by atoms with van der Waals surface area (Å²) in [7, 11) is 0. The maximum Gasteiger partial charge on any atom is 0.0708 e. The third-order valence-electron chi connectivity index (χ3n) is 2.64. The fraction of sp³-hybridized carbons (Fsp3) is 0.308. The zero-order valence-electron chi connectivity index (χ0n) is 9.25. The van der Waals surface area contributed by atoms with Gasteiger partial charge in [0.2, 0.25) is 0 Å². The summed E-state index contributed by atoms with van der Waals surface area (Å²) in [6.45, 7) is 4.85. The Labute approximate surface area is 90.1 Å². The fourth-order valence-corrected chi connectivity index (χ4v) is 1.93. The highest BCUT2D eigenvalue weighted by atomic mass is 14.7. The van der Waals surface area contributed by atoms with Gasteiger partial charge in [-0.25, -0.2) is 0 Å². The van der Waals surface area contributed by atoms with E-state index in [0.29, 0.717) is 6.54 Å². The molecule has 0 bridgehead atoms. The Morgan fingerprint density at radius 2 is 2.00 bits per heavy atom. The maximum atomic E-state index is 5.55. The quantitative estimate of drug-likeness (QED) is 0.808. The zero-order chi connectivity index (χ0) is 10.8. The van der Waals surface area contributed by atoms with Crippen LogP contribution in [-0.2, 0) is 6.42 Å². The lowest BCUT2D eigenvalue weighted by molar-refractivity contribution is 0.970. The number of nitrogens with zero attached hydrogens (tertiary/aromatic N) is 1. The number of benzene rings is 1. The van der Waals surface area contributed by atoms with Gasteiger partial charge in [0.1, 0.15) is 0 Å². The van der Waals surface area contributed by atoms with Crippen LogP contribution in [0.5, 0.6) is 0 Å². The first-order chi connectivity index (χ1) is 7.20. The van der Waals surface area contributed by atoms with Gasteiger partial charge in [0.15, 0.2) is 0 Å². The number of aryl methyl sites for hydroxylation is 2. The fourth-order valence-electron chi connectivity index (χ4n) is 1.93. The summed E-state index contributed by atoms with van der Waals surface area (Å²) in [4.78, 5) is 4.51. The lowest BCUT2D eigenvalue weighted by Gasteiger charge is -2.06. The molecule has 2 rings (SSSR count). The molecule has 2 N–H and O–H groups in total. The Morgan fingerprint density at radius 1 is 1.20 bits per heavy atom. The van der Waals surface area contributed by atoms with Crippen molar-refractivity contribution < 1.29 is 0 Å². The highest BCUT2D eigenvalue weighted by molar-refractivity contribution is 5.82. The monoisotopic (exact) mass is 200 g/mol. The predicted molar refractivity (Wildman–Crippen MR) is 64.0 cm³/mol. The van der Waals surface area contributed by atoms with Crippen LogP contribution in [0.1, 0.15) is 16.8 Å². The van der Waals surface area contributed by atoms with Crippen LogP contribution in [0.15, 0.2) is 24.3 Å². The average molecular weight is 200 g/mol. The third-order valence-corrected chi connectivity index (χ3v) is 2.64. The molecule has 0 fully saturated rings. The Hall–Kier alpha value is -1.41. The van der Waals surface area contributed by atoms with E-state index in [9.17, 15) is 0 Å². The molecule has 78 valence electrons. The third kappa shape index (κ3) is 2.00. The first-order valence-corrected chi connectivity index (χ1v) is 5.27. The minimum absolute atomic E-state index is 0.698. The van der Waals surface area contributed by atoms with Crippen molar-refractivity contribution in [3.8, 4) is 0 Å². The summed E-state index contributed by atoms with van der Waals surface area (Å²) in [5.74, 6) is 0. The Morgan fingerprint density at radius 3 is 2.73 bits per heavy atom. The molecule has 15 heavy (non-hydrogen) atoms. The SMILES string of the molecule is Cc1cc(C)c2cc(CCN)ccc2n1. The summed E-state index contributed by atoms with van der Waals surface area (Å²) >= 11 is 0. The molecular weight excluding hydrogens is 184 g/mol. The second kappa shape index (κ2) is 3.99. The van der Waals surface area contributed by atoms with Crippen LogP contribution in [0, 0.1) is 13.8 Å². The van der Waals surface area contributed by atoms with Crippen molar-refractivity contribution >= 4 is 10.9 Å². The van der Waals surface area contributed by atoms with Gasteiger partial charge >= 0.3 is 0 Å². The van der Waals surface area contributed by atoms with E-state index in [-0.39, 0.29) is 0 Å². The second-order valence-corrected chi connectivity index (χ2v) is 3.97. The largest absolute Gasteiger partial charge is 0.330 e. The summed E-state index contributed by atoms with van der Waals surface area (Å²) in [6.07, 6.45) is 0.934. The smallest absolute Gasteiger partial charge is 0.0708 e. The number of hydrogen-bond donors (Lipinski definition) is 1. The molecule has 0 amide bonds. The number of nitrogens with two attached hydrogens (primary N) is 1. The molecule has 0 saturated heterocycles. The molecule has 1 heterocycles. The van der Waals surface area contributed by atoms with Crippen LogP contribution in [0.3, 0.4) is 0 Å². The molecule has 0 aliphatic heterocycles. The maximum absolute atomic E-state index is 5.55. The van der Waals surface area contributed by atoms with E-state index in [1.807, 2.05) is 6.92 Å². The molecule has 0 aliphatic carbocycles. The zero-order valence-corrected chi connectivity index (χ0v) is 9.25. The lowest BCUT2D eigenvalue weighted by Crippen LogP contribution is -2.02. The van der Waals surface area contributed by atoms with Crippen molar-refractivity contribution in [3.05, 3.63) is 41.1 Å². The lowest BCUT2D eigenvalue weighted by atomic mass is 10.0. The normalized spacial score (nSPS) is 10.9. The van der Waals surface area contributed by atoms with Crippen LogP contribution in [-0.4, -0.2) is 11.5 Å². The van der Waals surface area contributed by atoms with Gasteiger partial charge in [0.25, 0.3) is 0 Å². The number of rotatable bonds is 2. The second-order valence-electron chi connectivity index (χ2n) is 3.97. The molecular formula is C13H16N2. The molecule has 0 saturated carbocycles. The summed E-state index contributed by atoms with van der Waals surface area (Å²) < 4.78 is 0. The van der Waals surface area contributed by atoms with Gasteiger partial charge in [0.05, 0.1) is 5.52 Å². The minimum Gasteiger partial charge on any atom is -0.330 e. The van der Waals surface area contributed by atoms with E-state index in [2.05, 4.69) is 36.2 Å². The van der Waals surface area contributed by atoms with Crippen LogP contribution in [0.2, 0.25) is 0 Å². The molecule has 0 radical (unpaired) electrons. The van der Waals surface area contributed by atoms with Crippen LogP contribution < -0.4 is 5.73 Å². The van der Waals surface area contributed by atoms with Gasteiger partial charge in [-0.2, -0.15) is 0 Å². The average Bonchev–Trinajstić information content (AvgIpc) is 2.19. The first kappa shape index (κ1) is 10.1. The summed E-state index contributed by atoms with van der Waals surface area (Å²) in [5.41, 5.74) is 10.3.